The first-order valence-corrected chi connectivity index (χ1v) is 6.23. The summed E-state index contributed by atoms with van der Waals surface area (Å²) >= 11 is 6.14. The molecule has 5 nitrogen and oxygen atoms in total. The molecule has 1 aliphatic rings. The molecule has 1 fully saturated rings. The molecule has 6 heteroatoms. The van der Waals surface area contributed by atoms with E-state index in [1.165, 1.54) is 0 Å². The molecule has 2 unspecified atom stereocenters. The van der Waals surface area contributed by atoms with Crippen LogP contribution in [0.3, 0.4) is 0 Å². The van der Waals surface area contributed by atoms with Crippen molar-refractivity contribution in [2.24, 2.45) is 17.7 Å². The lowest BCUT2D eigenvalue weighted by Crippen LogP contribution is -2.39. The topological polar surface area (TPSA) is 67.1 Å². The zero-order valence-corrected chi connectivity index (χ0v) is 10.9. The van der Waals surface area contributed by atoms with Crippen molar-refractivity contribution >= 4 is 23.4 Å². The summed E-state index contributed by atoms with van der Waals surface area (Å²) in [6.07, 6.45) is 2.74. The Morgan fingerprint density at radius 3 is 2.88 bits per heavy atom. The zero-order chi connectivity index (χ0) is 12.4. The lowest BCUT2D eigenvalue weighted by atomic mass is 9.89. The van der Waals surface area contributed by atoms with Gasteiger partial charge in [-0.2, -0.15) is 4.98 Å². The number of hydrogen-bond acceptors (Lipinski definition) is 5. The molecule has 94 valence electrons. The van der Waals surface area contributed by atoms with E-state index in [1.54, 1.807) is 6.20 Å². The monoisotopic (exact) mass is 255 g/mol. The molecule has 0 aromatic carbocycles. The minimum absolute atomic E-state index is 0.399. The molecule has 1 saturated heterocycles. The quantitative estimate of drug-likeness (QED) is 0.624. The number of nitrogens with two attached hydrogens (primary N) is 1. The van der Waals surface area contributed by atoms with Crippen LogP contribution in [0.5, 0.6) is 0 Å². The molecule has 0 aliphatic carbocycles. The summed E-state index contributed by atoms with van der Waals surface area (Å²) < 4.78 is 0. The number of aromatic nitrogens is 2. The molecule has 0 amide bonds. The van der Waals surface area contributed by atoms with E-state index in [9.17, 15) is 0 Å². The van der Waals surface area contributed by atoms with Gasteiger partial charge < -0.3 is 4.90 Å². The van der Waals surface area contributed by atoms with Crippen molar-refractivity contribution in [2.75, 3.05) is 23.4 Å². The fourth-order valence-corrected chi connectivity index (χ4v) is 2.32. The Bertz CT molecular complexity index is 397. The maximum Gasteiger partial charge on any atom is 0.239 e. The van der Waals surface area contributed by atoms with E-state index in [0.717, 1.165) is 31.2 Å². The normalized spacial score (nSPS) is 24.8. The Labute approximate surface area is 106 Å². The fraction of sp³-hybridized carbons (Fsp3) is 0.636. The summed E-state index contributed by atoms with van der Waals surface area (Å²) in [5.74, 6) is 7.87. The summed E-state index contributed by atoms with van der Waals surface area (Å²) in [5.41, 5.74) is 2.45. The summed E-state index contributed by atoms with van der Waals surface area (Å²) in [6, 6.07) is 0. The molecule has 1 aliphatic heterocycles. The van der Waals surface area contributed by atoms with E-state index in [2.05, 4.69) is 34.1 Å². The lowest BCUT2D eigenvalue weighted by Gasteiger charge is -2.36. The number of nitrogen functional groups attached to an aromatic ring is 1. The maximum atomic E-state index is 6.14. The van der Waals surface area contributed by atoms with E-state index in [4.69, 9.17) is 17.4 Å². The number of halogens is 1. The standard InChI is InChI=1S/C11H18ClN5/c1-7-3-4-17(6-8(7)2)10-9(12)5-14-11(15-10)16-13/h5,7-8H,3-4,6,13H2,1-2H3,(H,14,15,16). The number of rotatable bonds is 2. The molecule has 0 spiro atoms. The van der Waals surface area contributed by atoms with Crippen LogP contribution in [0.4, 0.5) is 11.8 Å². The number of hydrogen-bond donors (Lipinski definition) is 2. The fourth-order valence-electron chi connectivity index (χ4n) is 2.10. The number of nitrogens with one attached hydrogen (secondary N) is 1. The second kappa shape index (κ2) is 5.06. The van der Waals surface area contributed by atoms with E-state index >= 15 is 0 Å². The number of hydrazine groups is 1. The zero-order valence-electron chi connectivity index (χ0n) is 10.2. The van der Waals surface area contributed by atoms with Gasteiger partial charge in [0.2, 0.25) is 5.95 Å². The van der Waals surface area contributed by atoms with Crippen LogP contribution in [-0.2, 0) is 0 Å². The highest BCUT2D eigenvalue weighted by atomic mass is 35.5. The van der Waals surface area contributed by atoms with Gasteiger partial charge in [-0.1, -0.05) is 25.4 Å². The largest absolute Gasteiger partial charge is 0.355 e. The first-order valence-electron chi connectivity index (χ1n) is 5.86. The minimum Gasteiger partial charge on any atom is -0.355 e. The minimum atomic E-state index is 0.399. The maximum absolute atomic E-state index is 6.14. The van der Waals surface area contributed by atoms with E-state index in [1.807, 2.05) is 0 Å². The van der Waals surface area contributed by atoms with Crippen LogP contribution in [0.2, 0.25) is 5.02 Å². The number of anilines is 2. The van der Waals surface area contributed by atoms with Crippen molar-refractivity contribution in [3.05, 3.63) is 11.2 Å². The third-order valence-corrected chi connectivity index (χ3v) is 3.75. The second-order valence-electron chi connectivity index (χ2n) is 4.70. The molecule has 17 heavy (non-hydrogen) atoms. The molecule has 1 aromatic rings. The van der Waals surface area contributed by atoms with Crippen molar-refractivity contribution in [2.45, 2.75) is 20.3 Å². The average Bonchev–Trinajstić information content (AvgIpc) is 2.33. The van der Waals surface area contributed by atoms with Gasteiger partial charge in [0.1, 0.15) is 5.02 Å². The summed E-state index contributed by atoms with van der Waals surface area (Å²) in [7, 11) is 0. The summed E-state index contributed by atoms with van der Waals surface area (Å²) in [4.78, 5) is 10.5. The molecule has 3 N–H and O–H groups in total. The highest BCUT2D eigenvalue weighted by molar-refractivity contribution is 6.32. The SMILES string of the molecule is CC1CCN(c2nc(NN)ncc2Cl)CC1C. The first-order chi connectivity index (χ1) is 8.11. The second-order valence-corrected chi connectivity index (χ2v) is 5.11. The number of nitrogens with zero attached hydrogens (tertiary/aromatic N) is 3. The van der Waals surface area contributed by atoms with Crippen molar-refractivity contribution in [3.8, 4) is 0 Å². The van der Waals surface area contributed by atoms with Gasteiger partial charge in [0.05, 0.1) is 6.20 Å². The van der Waals surface area contributed by atoms with Gasteiger partial charge in [0.15, 0.2) is 5.82 Å². The van der Waals surface area contributed by atoms with Crippen molar-refractivity contribution in [1.82, 2.24) is 9.97 Å². The van der Waals surface area contributed by atoms with Gasteiger partial charge in [-0.25, -0.2) is 10.8 Å². The molecule has 2 heterocycles. The van der Waals surface area contributed by atoms with Gasteiger partial charge in [-0.3, -0.25) is 5.43 Å². The van der Waals surface area contributed by atoms with Crippen LogP contribution in [-0.4, -0.2) is 23.1 Å². The van der Waals surface area contributed by atoms with Crippen molar-refractivity contribution in [3.63, 3.8) is 0 Å². The van der Waals surface area contributed by atoms with E-state index in [-0.39, 0.29) is 0 Å². The first kappa shape index (κ1) is 12.4. The average molecular weight is 256 g/mol. The van der Waals surface area contributed by atoms with Gasteiger partial charge in [0, 0.05) is 13.1 Å². The molecule has 2 rings (SSSR count). The van der Waals surface area contributed by atoms with Gasteiger partial charge in [-0.05, 0) is 18.3 Å². The van der Waals surface area contributed by atoms with Crippen molar-refractivity contribution < 1.29 is 0 Å². The molecule has 0 bridgehead atoms. The van der Waals surface area contributed by atoms with E-state index < -0.39 is 0 Å². The Hall–Kier alpha value is -1.07. The Balaban J connectivity index is 2.21. The molecular formula is C11H18ClN5. The van der Waals surface area contributed by atoms with Crippen LogP contribution in [0.15, 0.2) is 6.20 Å². The third-order valence-electron chi connectivity index (χ3n) is 3.49. The van der Waals surface area contributed by atoms with Crippen LogP contribution >= 0.6 is 11.6 Å². The van der Waals surface area contributed by atoms with Crippen LogP contribution in [0.25, 0.3) is 0 Å². The molecular weight excluding hydrogens is 238 g/mol. The van der Waals surface area contributed by atoms with Gasteiger partial charge >= 0.3 is 0 Å². The van der Waals surface area contributed by atoms with Gasteiger partial charge in [0.25, 0.3) is 0 Å². The molecule has 1 aromatic heterocycles. The lowest BCUT2D eigenvalue weighted by molar-refractivity contribution is 0.323. The Morgan fingerprint density at radius 1 is 1.47 bits per heavy atom. The summed E-state index contributed by atoms with van der Waals surface area (Å²) in [6.45, 7) is 6.50. The highest BCUT2D eigenvalue weighted by Crippen LogP contribution is 2.30. The number of piperidine rings is 1. The molecule has 0 radical (unpaired) electrons. The van der Waals surface area contributed by atoms with Gasteiger partial charge in [-0.15, -0.1) is 0 Å². The van der Waals surface area contributed by atoms with Crippen LogP contribution < -0.4 is 16.2 Å². The van der Waals surface area contributed by atoms with Crippen LogP contribution in [0.1, 0.15) is 20.3 Å². The Morgan fingerprint density at radius 2 is 2.24 bits per heavy atom. The third kappa shape index (κ3) is 2.61. The van der Waals surface area contributed by atoms with E-state index in [0.29, 0.717) is 16.9 Å². The van der Waals surface area contributed by atoms with Crippen molar-refractivity contribution in [1.29, 1.82) is 0 Å². The molecule has 0 saturated carbocycles. The highest BCUT2D eigenvalue weighted by Gasteiger charge is 2.25. The van der Waals surface area contributed by atoms with Crippen LogP contribution in [0, 0.1) is 11.8 Å². The predicted octanol–water partition coefficient (Wildman–Crippen LogP) is 1.90. The predicted molar refractivity (Wildman–Crippen MR) is 70.0 cm³/mol. The molecule has 2 atom stereocenters. The smallest absolute Gasteiger partial charge is 0.239 e. The Kier molecular flexibility index (Phi) is 3.69. The summed E-state index contributed by atoms with van der Waals surface area (Å²) in [5, 5.41) is 0.575.